The minimum Gasteiger partial charge on any atom is -0.447 e. The van der Waals surface area contributed by atoms with Crippen LogP contribution in [0.1, 0.15) is 26.7 Å². The fraction of sp³-hybridized carbons (Fsp3) is 0.917. The van der Waals surface area contributed by atoms with Crippen molar-refractivity contribution in [2.45, 2.75) is 32.8 Å². The normalized spacial score (nSPS) is 12.2. The fourth-order valence-corrected chi connectivity index (χ4v) is 1.14. The van der Waals surface area contributed by atoms with Crippen LogP contribution < -0.4 is 10.6 Å². The van der Waals surface area contributed by atoms with Crippen molar-refractivity contribution >= 4 is 6.09 Å². The number of hydrogen-bond acceptors (Lipinski definition) is 5. The van der Waals surface area contributed by atoms with Crippen LogP contribution in [0.2, 0.25) is 0 Å². The van der Waals surface area contributed by atoms with Crippen LogP contribution in [-0.2, 0) is 14.2 Å². The second-order valence-corrected chi connectivity index (χ2v) is 3.90. The Balaban J connectivity index is 3.54. The van der Waals surface area contributed by atoms with Crippen LogP contribution in [0.4, 0.5) is 4.79 Å². The third kappa shape index (κ3) is 10.3. The number of methoxy groups -OCH3 is 1. The number of ether oxygens (including phenoxy) is 3. The van der Waals surface area contributed by atoms with Crippen molar-refractivity contribution in [2.24, 2.45) is 0 Å². The molecule has 0 aliphatic heterocycles. The van der Waals surface area contributed by atoms with Crippen LogP contribution in [0.5, 0.6) is 0 Å². The van der Waals surface area contributed by atoms with Crippen LogP contribution in [-0.4, -0.2) is 52.3 Å². The lowest BCUT2D eigenvalue weighted by Gasteiger charge is -2.16. The SMILES string of the molecule is CCCNCOCC(COC(=O)NCCC)OC. The number of hydrogen-bond donors (Lipinski definition) is 2. The first-order valence-electron chi connectivity index (χ1n) is 6.46. The standard InChI is InChI=1S/C12H26N2O4/c1-4-6-13-10-17-8-11(16-3)9-18-12(15)14-7-5-2/h11,13H,4-10H2,1-3H3,(H,14,15). The van der Waals surface area contributed by atoms with Crippen molar-refractivity contribution in [3.63, 3.8) is 0 Å². The summed E-state index contributed by atoms with van der Waals surface area (Å²) < 4.78 is 15.5. The lowest BCUT2D eigenvalue weighted by Crippen LogP contribution is -2.32. The van der Waals surface area contributed by atoms with Crippen LogP contribution in [0.25, 0.3) is 0 Å². The molecule has 1 atom stereocenters. The monoisotopic (exact) mass is 262 g/mol. The first-order chi connectivity index (χ1) is 8.74. The molecule has 0 saturated carbocycles. The third-order valence-corrected chi connectivity index (χ3v) is 2.19. The minimum atomic E-state index is -0.414. The Morgan fingerprint density at radius 1 is 1.17 bits per heavy atom. The Hall–Kier alpha value is -0.850. The highest BCUT2D eigenvalue weighted by Gasteiger charge is 2.10. The summed E-state index contributed by atoms with van der Waals surface area (Å²) in [5.41, 5.74) is 0. The van der Waals surface area contributed by atoms with Crippen LogP contribution in [0, 0.1) is 0 Å². The number of carbonyl (C=O) groups excluding carboxylic acids is 1. The number of nitrogens with one attached hydrogen (secondary N) is 2. The number of rotatable bonds is 11. The highest BCUT2D eigenvalue weighted by Crippen LogP contribution is 1.93. The van der Waals surface area contributed by atoms with Crippen LogP contribution in [0.15, 0.2) is 0 Å². The van der Waals surface area contributed by atoms with E-state index >= 15 is 0 Å². The Kier molecular flexibility index (Phi) is 12.0. The summed E-state index contributed by atoms with van der Waals surface area (Å²) >= 11 is 0. The Morgan fingerprint density at radius 3 is 2.50 bits per heavy atom. The Labute approximate surface area is 109 Å². The molecule has 2 N–H and O–H groups in total. The van der Waals surface area contributed by atoms with Gasteiger partial charge in [-0.2, -0.15) is 0 Å². The van der Waals surface area contributed by atoms with E-state index in [4.69, 9.17) is 14.2 Å². The van der Waals surface area contributed by atoms with E-state index in [1.54, 1.807) is 7.11 Å². The number of alkyl carbamates (subject to hydrolysis) is 1. The van der Waals surface area contributed by atoms with E-state index in [1.807, 2.05) is 6.92 Å². The van der Waals surface area contributed by atoms with Crippen molar-refractivity contribution in [2.75, 3.05) is 40.1 Å². The third-order valence-electron chi connectivity index (χ3n) is 2.19. The second kappa shape index (κ2) is 12.6. The molecule has 1 unspecified atom stereocenters. The van der Waals surface area contributed by atoms with Gasteiger partial charge in [-0.25, -0.2) is 4.79 Å². The van der Waals surface area contributed by atoms with E-state index in [1.165, 1.54) is 0 Å². The first-order valence-corrected chi connectivity index (χ1v) is 6.46. The number of amides is 1. The molecule has 18 heavy (non-hydrogen) atoms. The summed E-state index contributed by atoms with van der Waals surface area (Å²) in [4.78, 5) is 11.2. The highest BCUT2D eigenvalue weighted by molar-refractivity contribution is 5.67. The Morgan fingerprint density at radius 2 is 1.89 bits per heavy atom. The number of carbonyl (C=O) groups is 1. The molecule has 0 aliphatic carbocycles. The molecule has 0 heterocycles. The zero-order valence-electron chi connectivity index (χ0n) is 11.7. The maximum atomic E-state index is 11.2. The smallest absolute Gasteiger partial charge is 0.407 e. The molecular weight excluding hydrogens is 236 g/mol. The molecule has 0 fully saturated rings. The van der Waals surface area contributed by atoms with Crippen molar-refractivity contribution in [1.82, 2.24) is 10.6 Å². The maximum absolute atomic E-state index is 11.2. The van der Waals surface area contributed by atoms with Crippen molar-refractivity contribution < 1.29 is 19.0 Å². The molecule has 0 aromatic carbocycles. The first kappa shape index (κ1) is 17.2. The van der Waals surface area contributed by atoms with E-state index in [9.17, 15) is 4.79 Å². The lowest BCUT2D eigenvalue weighted by molar-refractivity contribution is -0.0278. The minimum absolute atomic E-state index is 0.194. The Bertz CT molecular complexity index is 203. The zero-order chi connectivity index (χ0) is 13.6. The van der Waals surface area contributed by atoms with E-state index in [2.05, 4.69) is 17.6 Å². The van der Waals surface area contributed by atoms with Crippen molar-refractivity contribution in [3.05, 3.63) is 0 Å². The predicted molar refractivity (Wildman–Crippen MR) is 69.6 cm³/mol. The van der Waals surface area contributed by atoms with Crippen molar-refractivity contribution in [3.8, 4) is 0 Å². The average Bonchev–Trinajstić information content (AvgIpc) is 2.39. The van der Waals surface area contributed by atoms with Crippen LogP contribution >= 0.6 is 0 Å². The molecule has 0 saturated heterocycles. The van der Waals surface area contributed by atoms with E-state index in [-0.39, 0.29) is 12.7 Å². The molecule has 6 heteroatoms. The molecule has 0 aromatic heterocycles. The maximum Gasteiger partial charge on any atom is 0.407 e. The summed E-state index contributed by atoms with van der Waals surface area (Å²) in [5, 5.41) is 5.74. The van der Waals surface area contributed by atoms with Gasteiger partial charge in [0, 0.05) is 13.7 Å². The molecule has 1 amide bonds. The molecule has 0 rings (SSSR count). The second-order valence-electron chi connectivity index (χ2n) is 3.90. The van der Waals surface area contributed by atoms with Gasteiger partial charge in [0.25, 0.3) is 0 Å². The molecule has 0 spiro atoms. The molecular formula is C12H26N2O4. The molecule has 0 aliphatic rings. The molecule has 0 aromatic rings. The van der Waals surface area contributed by atoms with Gasteiger partial charge in [0.05, 0.1) is 13.3 Å². The van der Waals surface area contributed by atoms with E-state index < -0.39 is 6.09 Å². The van der Waals surface area contributed by atoms with Gasteiger partial charge < -0.3 is 19.5 Å². The molecule has 0 radical (unpaired) electrons. The zero-order valence-corrected chi connectivity index (χ0v) is 11.7. The molecule has 0 bridgehead atoms. The van der Waals surface area contributed by atoms with Gasteiger partial charge in [0.15, 0.2) is 0 Å². The topological polar surface area (TPSA) is 68.8 Å². The van der Waals surface area contributed by atoms with E-state index in [0.29, 0.717) is 19.9 Å². The predicted octanol–water partition coefficient (Wildman–Crippen LogP) is 1.11. The van der Waals surface area contributed by atoms with Gasteiger partial charge in [-0.1, -0.05) is 13.8 Å². The molecule has 108 valence electrons. The van der Waals surface area contributed by atoms with Gasteiger partial charge >= 0.3 is 6.09 Å². The summed E-state index contributed by atoms with van der Waals surface area (Å²) in [6.45, 7) is 6.69. The quantitative estimate of drug-likeness (QED) is 0.431. The summed E-state index contributed by atoms with van der Waals surface area (Å²) in [5.74, 6) is 0. The average molecular weight is 262 g/mol. The van der Waals surface area contributed by atoms with Gasteiger partial charge in [0.2, 0.25) is 0 Å². The van der Waals surface area contributed by atoms with E-state index in [0.717, 1.165) is 19.4 Å². The summed E-state index contributed by atoms with van der Waals surface area (Å²) in [6, 6.07) is 0. The van der Waals surface area contributed by atoms with Gasteiger partial charge in [-0.15, -0.1) is 0 Å². The fourth-order valence-electron chi connectivity index (χ4n) is 1.14. The van der Waals surface area contributed by atoms with Crippen LogP contribution in [0.3, 0.4) is 0 Å². The van der Waals surface area contributed by atoms with Gasteiger partial charge in [0.1, 0.15) is 12.7 Å². The van der Waals surface area contributed by atoms with Gasteiger partial charge in [-0.3, -0.25) is 5.32 Å². The van der Waals surface area contributed by atoms with Crippen molar-refractivity contribution in [1.29, 1.82) is 0 Å². The van der Waals surface area contributed by atoms with Gasteiger partial charge in [-0.05, 0) is 19.4 Å². The summed E-state index contributed by atoms with van der Waals surface area (Å²) in [6.07, 6.45) is 1.30. The lowest BCUT2D eigenvalue weighted by atomic mass is 10.4. The highest BCUT2D eigenvalue weighted by atomic mass is 16.6. The molecule has 6 nitrogen and oxygen atoms in total. The summed E-state index contributed by atoms with van der Waals surface area (Å²) in [7, 11) is 1.57. The largest absolute Gasteiger partial charge is 0.447 e.